The van der Waals surface area contributed by atoms with Gasteiger partial charge in [0, 0.05) is 71.9 Å². The van der Waals surface area contributed by atoms with Crippen LogP contribution < -0.4 is 0 Å². The van der Waals surface area contributed by atoms with E-state index in [2.05, 4.69) is 64.4 Å². The number of hydrogen-bond donors (Lipinski definition) is 0. The maximum Gasteiger partial charge on any atom is 0.253 e. The molecule has 2 heterocycles. The van der Waals surface area contributed by atoms with E-state index in [1.165, 1.54) is 0 Å². The topological polar surface area (TPSA) is 53.1 Å². The van der Waals surface area contributed by atoms with E-state index in [1.54, 1.807) is 0 Å². The van der Waals surface area contributed by atoms with Gasteiger partial charge in [-0.05, 0) is 118 Å². The number of amides is 2. The van der Waals surface area contributed by atoms with Gasteiger partial charge in [0.1, 0.15) is 0 Å². The molecular weight excluding hydrogens is 645 g/mol. The van der Waals surface area contributed by atoms with Gasteiger partial charge in [-0.25, -0.2) is 0 Å². The Kier molecular flexibility index (Phi) is 10.9. The highest BCUT2D eigenvalue weighted by molar-refractivity contribution is 6.74. The highest BCUT2D eigenvalue weighted by Crippen LogP contribution is 2.41. The molecule has 0 spiro atoms. The molecule has 1 saturated carbocycles. The van der Waals surface area contributed by atoms with Crippen molar-refractivity contribution in [3.63, 3.8) is 0 Å². The fraction of sp³-hybridized carbons (Fsp3) is 0.632. The summed E-state index contributed by atoms with van der Waals surface area (Å²) in [7, 11) is -1.79. The molecule has 2 amide bonds. The Morgan fingerprint density at radius 1 is 0.830 bits per heavy atom. The predicted octanol–water partition coefficient (Wildman–Crippen LogP) is 8.94. The Morgan fingerprint density at radius 2 is 1.40 bits per heavy atom. The van der Waals surface area contributed by atoms with Crippen molar-refractivity contribution in [2.24, 2.45) is 5.92 Å². The van der Waals surface area contributed by atoms with Crippen LogP contribution in [0.4, 0.5) is 0 Å². The summed E-state index contributed by atoms with van der Waals surface area (Å²) in [5, 5.41) is 1.37. The van der Waals surface area contributed by atoms with E-state index in [0.29, 0.717) is 34.2 Å². The molecule has 2 saturated heterocycles. The fourth-order valence-corrected chi connectivity index (χ4v) is 9.23. The molecule has 6 nitrogen and oxygen atoms in total. The average molecular weight is 701 g/mol. The van der Waals surface area contributed by atoms with Gasteiger partial charge in [0.25, 0.3) is 5.91 Å². The van der Waals surface area contributed by atoms with Crippen molar-refractivity contribution in [3.8, 4) is 11.1 Å². The molecule has 5 rings (SSSR count). The number of halogens is 2. The number of hydrogen-bond acceptors (Lipinski definition) is 4. The first kappa shape index (κ1) is 36.4. The number of rotatable bonds is 7. The fourth-order valence-electron chi connectivity index (χ4n) is 7.16. The monoisotopic (exact) mass is 699 g/mol. The number of nitrogens with zero attached hydrogens (tertiary/aromatic N) is 3. The lowest BCUT2D eigenvalue weighted by molar-refractivity contribution is -0.133. The minimum Gasteiger partial charge on any atom is -0.414 e. The zero-order valence-corrected chi connectivity index (χ0v) is 32.3. The Bertz CT molecular complexity index is 1410. The number of likely N-dealkylation sites (tertiary alicyclic amines) is 1. The van der Waals surface area contributed by atoms with Gasteiger partial charge in [0.05, 0.1) is 0 Å². The molecule has 0 aromatic heterocycles. The van der Waals surface area contributed by atoms with Crippen LogP contribution in [-0.2, 0) is 15.6 Å². The number of piperazine rings is 1. The van der Waals surface area contributed by atoms with Crippen molar-refractivity contribution in [1.82, 2.24) is 14.7 Å². The summed E-state index contributed by atoms with van der Waals surface area (Å²) < 4.78 is 6.69. The second-order valence-corrected chi connectivity index (χ2v) is 22.0. The molecule has 0 radical (unpaired) electrons. The number of carbonyl (C=O) groups excluding carboxylic acids is 2. The minimum atomic E-state index is -1.79. The first-order valence-electron chi connectivity index (χ1n) is 17.6. The van der Waals surface area contributed by atoms with Crippen molar-refractivity contribution in [2.45, 2.75) is 116 Å². The summed E-state index contributed by atoms with van der Waals surface area (Å²) in [5.74, 6) is 0.196. The van der Waals surface area contributed by atoms with Gasteiger partial charge in [0.2, 0.25) is 5.91 Å². The molecule has 0 unspecified atom stereocenters. The Morgan fingerprint density at radius 3 is 1.94 bits per heavy atom. The van der Waals surface area contributed by atoms with Gasteiger partial charge in [-0.2, -0.15) is 0 Å². The predicted molar refractivity (Wildman–Crippen MR) is 197 cm³/mol. The molecule has 3 aliphatic rings. The SMILES string of the molecule is CC(C)(C)N1CCN(C(=O)c2ccc(-c3cc(Cl)c(C[C@@H]4CCN([C@H]5CC[C@@H](O[Si](C)(C)C(C)(C)C)CC5)C4=O)c(Cl)c3)cc2)CC1. The Balaban J connectivity index is 1.16. The van der Waals surface area contributed by atoms with E-state index < -0.39 is 8.32 Å². The summed E-state index contributed by atoms with van der Waals surface area (Å²) in [6.07, 6.45) is 5.74. The van der Waals surface area contributed by atoms with Gasteiger partial charge < -0.3 is 14.2 Å². The first-order chi connectivity index (χ1) is 21.9. The summed E-state index contributed by atoms with van der Waals surface area (Å²) in [5.41, 5.74) is 3.49. The smallest absolute Gasteiger partial charge is 0.253 e. The van der Waals surface area contributed by atoms with Crippen molar-refractivity contribution in [3.05, 3.63) is 57.6 Å². The van der Waals surface area contributed by atoms with Crippen molar-refractivity contribution in [1.29, 1.82) is 0 Å². The van der Waals surface area contributed by atoms with Crippen LogP contribution >= 0.6 is 23.2 Å². The maximum atomic E-state index is 13.6. The third-order valence-corrected chi connectivity index (χ3v) is 16.5. The first-order valence-corrected chi connectivity index (χ1v) is 21.2. The Labute approximate surface area is 294 Å². The van der Waals surface area contributed by atoms with Crippen LogP contribution in [0, 0.1) is 5.92 Å². The van der Waals surface area contributed by atoms with Gasteiger partial charge >= 0.3 is 0 Å². The average Bonchev–Trinajstić information content (AvgIpc) is 3.37. The molecule has 1 aliphatic carbocycles. The van der Waals surface area contributed by atoms with E-state index in [1.807, 2.05) is 41.3 Å². The summed E-state index contributed by atoms with van der Waals surface area (Å²) in [6, 6.07) is 11.9. The largest absolute Gasteiger partial charge is 0.414 e. The number of benzene rings is 2. The molecule has 2 aromatic rings. The highest BCUT2D eigenvalue weighted by atomic mass is 35.5. The Hall–Kier alpha value is -1.90. The molecule has 0 bridgehead atoms. The minimum absolute atomic E-state index is 0.0688. The van der Waals surface area contributed by atoms with E-state index in [4.69, 9.17) is 27.6 Å². The third kappa shape index (κ3) is 8.29. The summed E-state index contributed by atoms with van der Waals surface area (Å²) in [6.45, 7) is 22.2. The van der Waals surface area contributed by atoms with Crippen LogP contribution in [0.15, 0.2) is 36.4 Å². The quantitative estimate of drug-likeness (QED) is 0.271. The summed E-state index contributed by atoms with van der Waals surface area (Å²) in [4.78, 5) is 33.3. The van der Waals surface area contributed by atoms with Gasteiger partial charge in [0.15, 0.2) is 8.32 Å². The molecule has 1 atom stereocenters. The van der Waals surface area contributed by atoms with Crippen LogP contribution in [0.25, 0.3) is 11.1 Å². The zero-order chi connectivity index (χ0) is 34.3. The molecule has 2 aliphatic heterocycles. The van der Waals surface area contributed by atoms with Crippen molar-refractivity contribution < 1.29 is 14.0 Å². The molecule has 47 heavy (non-hydrogen) atoms. The highest BCUT2D eigenvalue weighted by Gasteiger charge is 2.42. The molecule has 258 valence electrons. The van der Waals surface area contributed by atoms with Crippen molar-refractivity contribution >= 4 is 43.3 Å². The van der Waals surface area contributed by atoms with E-state index >= 15 is 0 Å². The van der Waals surface area contributed by atoms with Crippen molar-refractivity contribution in [2.75, 3.05) is 32.7 Å². The van der Waals surface area contributed by atoms with E-state index in [9.17, 15) is 9.59 Å². The molecule has 2 aromatic carbocycles. The lowest BCUT2D eigenvalue weighted by atomic mass is 9.92. The maximum absolute atomic E-state index is 13.6. The molecule has 0 N–H and O–H groups in total. The van der Waals surface area contributed by atoms with Crippen LogP contribution in [0.1, 0.15) is 89.6 Å². The van der Waals surface area contributed by atoms with Crippen LogP contribution in [0.3, 0.4) is 0 Å². The van der Waals surface area contributed by atoms with Crippen LogP contribution in [0.5, 0.6) is 0 Å². The third-order valence-electron chi connectivity index (χ3n) is 11.3. The van der Waals surface area contributed by atoms with E-state index in [0.717, 1.165) is 81.5 Å². The standard InChI is InChI=1S/C38H55Cl2N3O3Si/c1-37(2,3)42-21-19-41(20-22-42)35(44)27-11-9-26(10-12-27)29-24-33(39)32(34(40)25-29)23-28-17-18-43(36(28)45)30-13-15-31(16-14-30)46-47(7,8)38(4,5)6/h9-12,24-25,28,30-31H,13-23H2,1-8H3/t28-,30-,31+/m0/s1. The van der Waals surface area contributed by atoms with Gasteiger partial charge in [-0.1, -0.05) is 56.1 Å². The van der Waals surface area contributed by atoms with Gasteiger partial charge in [-0.3, -0.25) is 14.5 Å². The van der Waals surface area contributed by atoms with Gasteiger partial charge in [-0.15, -0.1) is 0 Å². The van der Waals surface area contributed by atoms with E-state index in [-0.39, 0.29) is 28.3 Å². The lowest BCUT2D eigenvalue weighted by Gasteiger charge is -2.42. The molecule has 3 fully saturated rings. The lowest BCUT2D eigenvalue weighted by Crippen LogP contribution is -2.54. The second kappa shape index (κ2) is 14.1. The molecule has 9 heteroatoms. The molecular formula is C38H55Cl2N3O3Si. The normalized spacial score (nSPS) is 23.4. The summed E-state index contributed by atoms with van der Waals surface area (Å²) >= 11 is 13.7. The second-order valence-electron chi connectivity index (χ2n) is 16.5. The number of carbonyl (C=O) groups is 2. The van der Waals surface area contributed by atoms with Crippen LogP contribution in [-0.4, -0.2) is 85.2 Å². The zero-order valence-electron chi connectivity index (χ0n) is 29.8. The van der Waals surface area contributed by atoms with Crippen LogP contribution in [0.2, 0.25) is 28.2 Å².